The molecule has 0 rings (SSSR count). The molecular formula is C11H22N4O4. The molecule has 0 aromatic heterocycles. The second-order valence-corrected chi connectivity index (χ2v) is 4.41. The maximum atomic E-state index is 11.9. The van der Waals surface area contributed by atoms with Crippen molar-refractivity contribution < 1.29 is 19.1 Å². The van der Waals surface area contributed by atoms with Crippen molar-refractivity contribution in [3.05, 3.63) is 0 Å². The molecule has 0 aliphatic carbocycles. The SMILES string of the molecule is CC(C)[C@H](OC(N)=O)C(=O)N[C@@H](C)C(=O)NCCN. The zero-order chi connectivity index (χ0) is 15.0. The fourth-order valence-electron chi connectivity index (χ4n) is 1.33. The number of nitrogens with two attached hydrogens (primary N) is 2. The van der Waals surface area contributed by atoms with Crippen LogP contribution in [0, 0.1) is 5.92 Å². The summed E-state index contributed by atoms with van der Waals surface area (Å²) in [6.07, 6.45) is -2.06. The lowest BCUT2D eigenvalue weighted by Gasteiger charge is -2.21. The Morgan fingerprint density at radius 2 is 1.74 bits per heavy atom. The van der Waals surface area contributed by atoms with Crippen LogP contribution in [0.5, 0.6) is 0 Å². The van der Waals surface area contributed by atoms with Gasteiger partial charge in [0.15, 0.2) is 6.10 Å². The van der Waals surface area contributed by atoms with Crippen LogP contribution in [0.3, 0.4) is 0 Å². The van der Waals surface area contributed by atoms with Crippen LogP contribution in [0.2, 0.25) is 0 Å². The second kappa shape index (κ2) is 8.30. The summed E-state index contributed by atoms with van der Waals surface area (Å²) < 4.78 is 4.71. The Bertz CT molecular complexity index is 333. The molecule has 0 saturated heterocycles. The number of carbonyl (C=O) groups is 3. The summed E-state index contributed by atoms with van der Waals surface area (Å²) >= 11 is 0. The van der Waals surface area contributed by atoms with Gasteiger partial charge in [0.25, 0.3) is 5.91 Å². The highest BCUT2D eigenvalue weighted by Crippen LogP contribution is 2.07. The predicted octanol–water partition coefficient (Wildman–Crippen LogP) is -1.31. The van der Waals surface area contributed by atoms with Crippen molar-refractivity contribution in [2.45, 2.75) is 32.9 Å². The van der Waals surface area contributed by atoms with E-state index in [4.69, 9.17) is 16.2 Å². The number of hydrogen-bond donors (Lipinski definition) is 4. The van der Waals surface area contributed by atoms with Gasteiger partial charge in [0.2, 0.25) is 5.91 Å². The average Bonchev–Trinajstić information content (AvgIpc) is 2.31. The smallest absolute Gasteiger partial charge is 0.405 e. The molecule has 0 saturated carbocycles. The van der Waals surface area contributed by atoms with E-state index in [1.54, 1.807) is 13.8 Å². The number of carbonyl (C=O) groups excluding carboxylic acids is 3. The van der Waals surface area contributed by atoms with Gasteiger partial charge in [0.1, 0.15) is 6.04 Å². The number of amides is 3. The van der Waals surface area contributed by atoms with Crippen molar-refractivity contribution in [3.63, 3.8) is 0 Å². The normalized spacial score (nSPS) is 13.5. The van der Waals surface area contributed by atoms with Crippen molar-refractivity contribution in [2.24, 2.45) is 17.4 Å². The van der Waals surface area contributed by atoms with Gasteiger partial charge in [-0.25, -0.2) is 4.79 Å². The molecule has 110 valence electrons. The van der Waals surface area contributed by atoms with E-state index in [9.17, 15) is 14.4 Å². The van der Waals surface area contributed by atoms with E-state index in [2.05, 4.69) is 10.6 Å². The molecule has 8 nitrogen and oxygen atoms in total. The van der Waals surface area contributed by atoms with E-state index in [0.29, 0.717) is 13.1 Å². The zero-order valence-corrected chi connectivity index (χ0v) is 11.4. The summed E-state index contributed by atoms with van der Waals surface area (Å²) in [6.45, 7) is 5.56. The standard InChI is InChI=1S/C11H22N4O4/c1-6(2)8(19-11(13)18)10(17)15-7(3)9(16)14-5-4-12/h6-8H,4-5,12H2,1-3H3,(H2,13,18)(H,14,16)(H,15,17)/t7-,8-/m0/s1. The molecule has 0 aliphatic heterocycles. The lowest BCUT2D eigenvalue weighted by atomic mass is 10.1. The summed E-state index contributed by atoms with van der Waals surface area (Å²) in [6, 6.07) is -0.753. The third kappa shape index (κ3) is 6.61. The quantitative estimate of drug-likeness (QED) is 0.456. The highest BCUT2D eigenvalue weighted by Gasteiger charge is 2.28. The predicted molar refractivity (Wildman–Crippen MR) is 69.0 cm³/mol. The molecule has 0 aromatic carbocycles. The third-order valence-corrected chi connectivity index (χ3v) is 2.30. The molecule has 0 fully saturated rings. The molecule has 0 aromatic rings. The van der Waals surface area contributed by atoms with Crippen LogP contribution in [-0.4, -0.2) is 43.1 Å². The molecule has 6 N–H and O–H groups in total. The molecule has 0 heterocycles. The molecule has 19 heavy (non-hydrogen) atoms. The fraction of sp³-hybridized carbons (Fsp3) is 0.727. The highest BCUT2D eigenvalue weighted by atomic mass is 16.6. The van der Waals surface area contributed by atoms with Gasteiger partial charge in [-0.15, -0.1) is 0 Å². The van der Waals surface area contributed by atoms with E-state index in [-0.39, 0.29) is 11.8 Å². The Labute approximate surface area is 112 Å². The molecule has 0 radical (unpaired) electrons. The summed E-state index contributed by atoms with van der Waals surface area (Å²) in [5, 5.41) is 4.99. The summed E-state index contributed by atoms with van der Waals surface area (Å²) in [5.74, 6) is -1.18. The van der Waals surface area contributed by atoms with E-state index in [0.717, 1.165) is 0 Å². The van der Waals surface area contributed by atoms with Crippen molar-refractivity contribution in [3.8, 4) is 0 Å². The Morgan fingerprint density at radius 1 is 1.16 bits per heavy atom. The molecule has 0 unspecified atom stereocenters. The maximum Gasteiger partial charge on any atom is 0.405 e. The van der Waals surface area contributed by atoms with Gasteiger partial charge < -0.3 is 26.8 Å². The zero-order valence-electron chi connectivity index (χ0n) is 11.4. The van der Waals surface area contributed by atoms with Crippen LogP contribution in [0.1, 0.15) is 20.8 Å². The third-order valence-electron chi connectivity index (χ3n) is 2.30. The monoisotopic (exact) mass is 274 g/mol. The molecular weight excluding hydrogens is 252 g/mol. The van der Waals surface area contributed by atoms with Gasteiger partial charge in [0.05, 0.1) is 0 Å². The van der Waals surface area contributed by atoms with Crippen LogP contribution in [0.4, 0.5) is 4.79 Å². The minimum atomic E-state index is -1.03. The Kier molecular flexibility index (Phi) is 7.50. The van der Waals surface area contributed by atoms with Crippen LogP contribution >= 0.6 is 0 Å². The summed E-state index contributed by atoms with van der Waals surface area (Å²) in [5.41, 5.74) is 10.1. The lowest BCUT2D eigenvalue weighted by Crippen LogP contribution is -2.51. The first-order valence-electron chi connectivity index (χ1n) is 6.03. The van der Waals surface area contributed by atoms with Gasteiger partial charge in [-0.05, 0) is 12.8 Å². The van der Waals surface area contributed by atoms with Gasteiger partial charge in [0, 0.05) is 13.1 Å². The minimum Gasteiger partial charge on any atom is -0.436 e. The van der Waals surface area contributed by atoms with Crippen LogP contribution in [-0.2, 0) is 14.3 Å². The minimum absolute atomic E-state index is 0.258. The van der Waals surface area contributed by atoms with Gasteiger partial charge in [-0.2, -0.15) is 0 Å². The van der Waals surface area contributed by atoms with Crippen LogP contribution < -0.4 is 22.1 Å². The van der Waals surface area contributed by atoms with Crippen molar-refractivity contribution in [1.82, 2.24) is 10.6 Å². The largest absolute Gasteiger partial charge is 0.436 e. The van der Waals surface area contributed by atoms with Crippen LogP contribution in [0.15, 0.2) is 0 Å². The topological polar surface area (TPSA) is 137 Å². The van der Waals surface area contributed by atoms with Crippen molar-refractivity contribution in [1.29, 1.82) is 0 Å². The van der Waals surface area contributed by atoms with E-state index in [1.165, 1.54) is 6.92 Å². The first-order chi connectivity index (χ1) is 8.79. The number of ether oxygens (including phenoxy) is 1. The summed E-state index contributed by atoms with van der Waals surface area (Å²) in [4.78, 5) is 34.1. The maximum absolute atomic E-state index is 11.9. The van der Waals surface area contributed by atoms with Crippen molar-refractivity contribution >= 4 is 17.9 Å². The highest BCUT2D eigenvalue weighted by molar-refractivity contribution is 5.90. The second-order valence-electron chi connectivity index (χ2n) is 4.41. The van der Waals surface area contributed by atoms with Gasteiger partial charge in [-0.1, -0.05) is 13.8 Å². The molecule has 2 atom stereocenters. The number of primary amides is 1. The number of nitrogens with one attached hydrogen (secondary N) is 2. The molecule has 8 heteroatoms. The van der Waals surface area contributed by atoms with E-state index >= 15 is 0 Å². The molecule has 0 spiro atoms. The number of rotatable bonds is 7. The van der Waals surface area contributed by atoms with Crippen molar-refractivity contribution in [2.75, 3.05) is 13.1 Å². The van der Waals surface area contributed by atoms with E-state index < -0.39 is 24.1 Å². The van der Waals surface area contributed by atoms with Crippen LogP contribution in [0.25, 0.3) is 0 Å². The lowest BCUT2D eigenvalue weighted by molar-refractivity contribution is -0.135. The van der Waals surface area contributed by atoms with E-state index in [1.807, 2.05) is 0 Å². The Hall–Kier alpha value is -1.83. The molecule has 0 bridgehead atoms. The average molecular weight is 274 g/mol. The molecule has 3 amide bonds. The summed E-state index contributed by atoms with van der Waals surface area (Å²) in [7, 11) is 0. The Balaban J connectivity index is 4.46. The first kappa shape index (κ1) is 17.2. The fourth-order valence-corrected chi connectivity index (χ4v) is 1.33. The number of hydrogen-bond acceptors (Lipinski definition) is 5. The molecule has 0 aliphatic rings. The van der Waals surface area contributed by atoms with Gasteiger partial charge >= 0.3 is 6.09 Å². The Morgan fingerprint density at radius 3 is 2.16 bits per heavy atom. The van der Waals surface area contributed by atoms with Gasteiger partial charge in [-0.3, -0.25) is 9.59 Å². The first-order valence-corrected chi connectivity index (χ1v) is 6.03.